The number of hydrogen-bond acceptors (Lipinski definition) is 4. The van der Waals surface area contributed by atoms with E-state index < -0.39 is 16.1 Å². The van der Waals surface area contributed by atoms with Crippen LogP contribution in [-0.4, -0.2) is 36.1 Å². The molecule has 182 valence electrons. The highest BCUT2D eigenvalue weighted by molar-refractivity contribution is 7.89. The Hall–Kier alpha value is -3.49. The van der Waals surface area contributed by atoms with Gasteiger partial charge in [0.2, 0.25) is 15.9 Å². The number of halogens is 1. The first-order chi connectivity index (χ1) is 16.8. The molecule has 0 N–H and O–H groups in total. The summed E-state index contributed by atoms with van der Waals surface area (Å²) in [7, 11) is -3.98. The van der Waals surface area contributed by atoms with Crippen LogP contribution in [0, 0.1) is 5.82 Å². The predicted octanol–water partition coefficient (Wildman–Crippen LogP) is 5.20. The first-order valence-electron chi connectivity index (χ1n) is 11.3. The molecular formula is C27H27FN2O4S. The average molecular weight is 495 g/mol. The van der Waals surface area contributed by atoms with Gasteiger partial charge in [0.25, 0.3) is 0 Å². The molecule has 3 aromatic carbocycles. The summed E-state index contributed by atoms with van der Waals surface area (Å²) in [6, 6.07) is 21.3. The standard InChI is InChI=1S/C27H27FN2O4S/c1-20(2)30(35(32,33)26-11-5-8-22-7-3-4-10-25(22)26)19-27(31)29(18-24-9-6-16-34-24)17-21-12-14-23(28)15-13-21/h3-16,20H,17-19H2,1-2H3. The average Bonchev–Trinajstić information content (AvgIpc) is 3.36. The summed E-state index contributed by atoms with van der Waals surface area (Å²) in [5.41, 5.74) is 0.722. The smallest absolute Gasteiger partial charge is 0.244 e. The fourth-order valence-electron chi connectivity index (χ4n) is 3.96. The molecule has 0 radical (unpaired) electrons. The number of nitrogens with zero attached hydrogens (tertiary/aromatic N) is 2. The zero-order valence-electron chi connectivity index (χ0n) is 19.6. The van der Waals surface area contributed by atoms with E-state index in [9.17, 15) is 17.6 Å². The number of benzene rings is 3. The Bertz CT molecular complexity index is 1400. The molecule has 0 saturated carbocycles. The molecule has 0 saturated heterocycles. The molecule has 0 aliphatic heterocycles. The number of carbonyl (C=O) groups excluding carboxylic acids is 1. The van der Waals surface area contributed by atoms with Crippen molar-refractivity contribution in [3.8, 4) is 0 Å². The van der Waals surface area contributed by atoms with Crippen LogP contribution in [-0.2, 0) is 27.9 Å². The lowest BCUT2D eigenvalue weighted by molar-refractivity contribution is -0.133. The van der Waals surface area contributed by atoms with Gasteiger partial charge in [-0.3, -0.25) is 4.79 Å². The maximum atomic E-state index is 13.8. The Balaban J connectivity index is 1.64. The summed E-state index contributed by atoms with van der Waals surface area (Å²) in [5.74, 6) is -0.193. The van der Waals surface area contributed by atoms with Gasteiger partial charge in [-0.25, -0.2) is 12.8 Å². The van der Waals surface area contributed by atoms with Crippen molar-refractivity contribution in [1.29, 1.82) is 0 Å². The maximum absolute atomic E-state index is 13.8. The first kappa shape index (κ1) is 24.6. The lowest BCUT2D eigenvalue weighted by atomic mass is 10.1. The topological polar surface area (TPSA) is 70.8 Å². The minimum atomic E-state index is -3.98. The molecule has 4 aromatic rings. The fraction of sp³-hybridized carbons (Fsp3) is 0.222. The van der Waals surface area contributed by atoms with Crippen LogP contribution in [0.25, 0.3) is 10.8 Å². The molecule has 1 amide bonds. The SMILES string of the molecule is CC(C)N(CC(=O)N(Cc1ccc(F)cc1)Cc1ccco1)S(=O)(=O)c1cccc2ccccc12. The highest BCUT2D eigenvalue weighted by atomic mass is 32.2. The second-order valence-electron chi connectivity index (χ2n) is 8.58. The zero-order valence-corrected chi connectivity index (χ0v) is 20.4. The number of furan rings is 1. The molecule has 0 aliphatic rings. The molecule has 6 nitrogen and oxygen atoms in total. The molecule has 0 fully saturated rings. The summed E-state index contributed by atoms with van der Waals surface area (Å²) in [4.78, 5) is 15.2. The number of sulfonamides is 1. The van der Waals surface area contributed by atoms with E-state index in [4.69, 9.17) is 4.42 Å². The fourth-order valence-corrected chi connectivity index (χ4v) is 5.76. The minimum Gasteiger partial charge on any atom is -0.467 e. The predicted molar refractivity (Wildman–Crippen MR) is 132 cm³/mol. The molecular weight excluding hydrogens is 467 g/mol. The van der Waals surface area contributed by atoms with Gasteiger partial charge in [0.05, 0.1) is 24.2 Å². The summed E-state index contributed by atoms with van der Waals surface area (Å²) < 4.78 is 47.5. The monoisotopic (exact) mass is 494 g/mol. The van der Waals surface area contributed by atoms with Crippen molar-refractivity contribution < 1.29 is 22.0 Å². The quantitative estimate of drug-likeness (QED) is 0.321. The molecule has 1 heterocycles. The van der Waals surface area contributed by atoms with Crippen LogP contribution in [0.2, 0.25) is 0 Å². The van der Waals surface area contributed by atoms with Gasteiger partial charge in [0.15, 0.2) is 0 Å². The molecule has 4 rings (SSSR count). The molecule has 8 heteroatoms. The van der Waals surface area contributed by atoms with Crippen molar-refractivity contribution in [2.24, 2.45) is 0 Å². The van der Waals surface area contributed by atoms with E-state index in [-0.39, 0.29) is 36.3 Å². The zero-order chi connectivity index (χ0) is 25.0. The number of fused-ring (bicyclic) bond motifs is 1. The molecule has 0 aliphatic carbocycles. The molecule has 1 aromatic heterocycles. The van der Waals surface area contributed by atoms with Crippen molar-refractivity contribution in [3.05, 3.63) is 102 Å². The third-order valence-electron chi connectivity index (χ3n) is 5.77. The van der Waals surface area contributed by atoms with E-state index in [1.807, 2.05) is 18.2 Å². The Labute approximate surface area is 204 Å². The van der Waals surface area contributed by atoms with Crippen molar-refractivity contribution in [2.75, 3.05) is 6.54 Å². The van der Waals surface area contributed by atoms with E-state index in [0.29, 0.717) is 11.1 Å². The van der Waals surface area contributed by atoms with Crippen LogP contribution >= 0.6 is 0 Å². The number of hydrogen-bond donors (Lipinski definition) is 0. The van der Waals surface area contributed by atoms with E-state index in [1.165, 1.54) is 27.6 Å². The second-order valence-corrected chi connectivity index (χ2v) is 10.4. The highest BCUT2D eigenvalue weighted by Gasteiger charge is 2.32. The highest BCUT2D eigenvalue weighted by Crippen LogP contribution is 2.27. The van der Waals surface area contributed by atoms with Crippen LogP contribution in [0.3, 0.4) is 0 Å². The van der Waals surface area contributed by atoms with Gasteiger partial charge >= 0.3 is 0 Å². The minimum absolute atomic E-state index is 0.156. The number of carbonyl (C=O) groups is 1. The summed E-state index contributed by atoms with van der Waals surface area (Å²) in [5, 5.41) is 1.41. The molecule has 0 spiro atoms. The molecule has 35 heavy (non-hydrogen) atoms. The molecule has 0 atom stereocenters. The third kappa shape index (κ3) is 5.61. The van der Waals surface area contributed by atoms with Crippen LogP contribution in [0.4, 0.5) is 4.39 Å². The molecule has 0 bridgehead atoms. The summed E-state index contributed by atoms with van der Waals surface area (Å²) >= 11 is 0. The van der Waals surface area contributed by atoms with Gasteiger partial charge in [-0.1, -0.05) is 48.5 Å². The Morgan fingerprint density at radius 2 is 1.63 bits per heavy atom. The van der Waals surface area contributed by atoms with Gasteiger partial charge in [-0.05, 0) is 55.1 Å². The largest absolute Gasteiger partial charge is 0.467 e. The third-order valence-corrected chi connectivity index (χ3v) is 7.85. The van der Waals surface area contributed by atoms with Crippen LogP contribution in [0.15, 0.2) is 94.4 Å². The van der Waals surface area contributed by atoms with Crippen molar-refractivity contribution >= 4 is 26.7 Å². The lowest BCUT2D eigenvalue weighted by Crippen LogP contribution is -2.45. The number of rotatable bonds is 9. The van der Waals surface area contributed by atoms with E-state index in [1.54, 1.807) is 62.4 Å². The van der Waals surface area contributed by atoms with E-state index >= 15 is 0 Å². The molecule has 0 unspecified atom stereocenters. The first-order valence-corrected chi connectivity index (χ1v) is 12.7. The van der Waals surface area contributed by atoms with Crippen LogP contribution < -0.4 is 0 Å². The maximum Gasteiger partial charge on any atom is 0.244 e. The second kappa shape index (κ2) is 10.4. The summed E-state index contributed by atoms with van der Waals surface area (Å²) in [6.45, 7) is 3.48. The van der Waals surface area contributed by atoms with Gasteiger partial charge in [0.1, 0.15) is 11.6 Å². The van der Waals surface area contributed by atoms with Crippen molar-refractivity contribution in [3.63, 3.8) is 0 Å². The van der Waals surface area contributed by atoms with Crippen LogP contribution in [0.5, 0.6) is 0 Å². The van der Waals surface area contributed by atoms with Gasteiger partial charge < -0.3 is 9.32 Å². The van der Waals surface area contributed by atoms with Crippen molar-refractivity contribution in [1.82, 2.24) is 9.21 Å². The normalized spacial score (nSPS) is 11.9. The van der Waals surface area contributed by atoms with Crippen molar-refractivity contribution in [2.45, 2.75) is 37.9 Å². The summed E-state index contributed by atoms with van der Waals surface area (Å²) in [6.07, 6.45) is 1.52. The van der Waals surface area contributed by atoms with E-state index in [0.717, 1.165) is 10.9 Å². The van der Waals surface area contributed by atoms with Gasteiger partial charge in [0, 0.05) is 18.0 Å². The van der Waals surface area contributed by atoms with E-state index in [2.05, 4.69) is 0 Å². The van der Waals surface area contributed by atoms with Gasteiger partial charge in [-0.15, -0.1) is 0 Å². The lowest BCUT2D eigenvalue weighted by Gasteiger charge is -2.29. The Morgan fingerprint density at radius 1 is 0.914 bits per heavy atom. The Morgan fingerprint density at radius 3 is 2.31 bits per heavy atom. The Kier molecular flexibility index (Phi) is 7.33. The number of amides is 1. The van der Waals surface area contributed by atoms with Gasteiger partial charge in [-0.2, -0.15) is 4.31 Å². The van der Waals surface area contributed by atoms with Crippen LogP contribution in [0.1, 0.15) is 25.2 Å².